The number of carbonyl (C=O) groups is 1. The molecule has 0 aromatic heterocycles. The molecule has 1 heterocycles. The number of hydrogen-bond donors (Lipinski definition) is 2. The van der Waals surface area contributed by atoms with E-state index in [9.17, 15) is 18.7 Å². The molecule has 0 radical (unpaired) electrons. The number of carboxylic acid groups (broad SMARTS) is 1. The molecule has 1 amide bonds. The lowest BCUT2D eigenvalue weighted by Crippen LogP contribution is -2.67. The Morgan fingerprint density at radius 2 is 1.65 bits per heavy atom. The maximum Gasteiger partial charge on any atom is 0.409 e. The van der Waals surface area contributed by atoms with Crippen LogP contribution in [0.5, 0.6) is 0 Å². The van der Waals surface area contributed by atoms with Crippen LogP contribution >= 0.6 is 0 Å². The van der Waals surface area contributed by atoms with E-state index in [1.54, 1.807) is 23.1 Å². The van der Waals surface area contributed by atoms with Crippen molar-refractivity contribution in [2.24, 2.45) is 5.41 Å². The molecule has 2 N–H and O–H groups in total. The first-order valence-corrected chi connectivity index (χ1v) is 14.0. The van der Waals surface area contributed by atoms with Gasteiger partial charge in [-0.05, 0) is 73.2 Å². The second kappa shape index (κ2) is 12.1. The summed E-state index contributed by atoms with van der Waals surface area (Å²) in [6.07, 6.45) is 0.281. The number of nitrogens with one attached hydrogen (secondary N) is 1. The van der Waals surface area contributed by atoms with Crippen molar-refractivity contribution >= 4 is 6.09 Å². The molecule has 5 nitrogen and oxygen atoms in total. The van der Waals surface area contributed by atoms with Crippen LogP contribution in [-0.4, -0.2) is 46.2 Å². The highest BCUT2D eigenvalue weighted by Gasteiger charge is 2.51. The summed E-state index contributed by atoms with van der Waals surface area (Å²) in [5.74, 6) is -0.548. The van der Waals surface area contributed by atoms with E-state index < -0.39 is 17.2 Å². The number of amides is 1. The Hall–Kier alpha value is -3.29. The monoisotopic (exact) mass is 549 g/mol. The molecular formula is C33H41F2N3O2. The minimum atomic E-state index is -0.999. The van der Waals surface area contributed by atoms with Crippen molar-refractivity contribution in [2.45, 2.75) is 71.8 Å². The molecule has 0 bridgehead atoms. The Morgan fingerprint density at radius 3 is 2.25 bits per heavy atom. The highest BCUT2D eigenvalue weighted by molar-refractivity contribution is 5.67. The summed E-state index contributed by atoms with van der Waals surface area (Å²) in [7, 11) is 0. The molecular weight excluding hydrogens is 508 g/mol. The van der Waals surface area contributed by atoms with Gasteiger partial charge in [0, 0.05) is 37.1 Å². The standard InChI is InChI=1S/C33H41F2N3O2/c1-23(2)36-33(32(3,4)5,27-9-7-6-8-10-27)38(31(39)40)18-17-37-22-25-13-16-29(35)20-26(25)21-30(37)19-24-11-14-28(34)15-12-24/h6-16,20,23,30,36H,17-19,21-22H2,1-5H3,(H,39,40). The molecule has 3 aromatic carbocycles. The highest BCUT2D eigenvalue weighted by Crippen LogP contribution is 2.43. The molecule has 0 spiro atoms. The van der Waals surface area contributed by atoms with Gasteiger partial charge in [-0.2, -0.15) is 0 Å². The van der Waals surface area contributed by atoms with Crippen LogP contribution in [-0.2, 0) is 25.0 Å². The molecule has 0 aliphatic carbocycles. The van der Waals surface area contributed by atoms with Gasteiger partial charge in [-0.25, -0.2) is 13.6 Å². The van der Waals surface area contributed by atoms with Gasteiger partial charge in [0.25, 0.3) is 0 Å². The Kier molecular flexibility index (Phi) is 8.96. The average molecular weight is 550 g/mol. The third-order valence-corrected chi connectivity index (χ3v) is 7.92. The van der Waals surface area contributed by atoms with Crippen molar-refractivity contribution in [3.63, 3.8) is 0 Å². The SMILES string of the molecule is CC(C)NC(c1ccccc1)(N(CCN1Cc2ccc(F)cc2CC1Cc1ccc(F)cc1)C(=O)O)C(C)(C)C. The molecule has 7 heteroatoms. The van der Waals surface area contributed by atoms with Crippen molar-refractivity contribution in [1.29, 1.82) is 0 Å². The Balaban J connectivity index is 1.69. The second-order valence-electron chi connectivity index (χ2n) is 12.1. The minimum Gasteiger partial charge on any atom is -0.465 e. The summed E-state index contributed by atoms with van der Waals surface area (Å²) < 4.78 is 27.7. The van der Waals surface area contributed by atoms with Gasteiger partial charge in [0.1, 0.15) is 17.3 Å². The zero-order chi connectivity index (χ0) is 29.1. The number of benzene rings is 3. The maximum absolute atomic E-state index is 14.1. The van der Waals surface area contributed by atoms with Crippen molar-refractivity contribution in [1.82, 2.24) is 15.1 Å². The van der Waals surface area contributed by atoms with Gasteiger partial charge in [-0.1, -0.05) is 69.3 Å². The first-order valence-electron chi connectivity index (χ1n) is 14.0. The molecule has 40 heavy (non-hydrogen) atoms. The molecule has 0 fully saturated rings. The smallest absolute Gasteiger partial charge is 0.409 e. The van der Waals surface area contributed by atoms with E-state index in [0.717, 1.165) is 22.3 Å². The van der Waals surface area contributed by atoms with Crippen LogP contribution in [0.15, 0.2) is 72.8 Å². The van der Waals surface area contributed by atoms with Gasteiger partial charge in [0.15, 0.2) is 0 Å². The number of hydrogen-bond acceptors (Lipinski definition) is 3. The largest absolute Gasteiger partial charge is 0.465 e. The van der Waals surface area contributed by atoms with Crippen LogP contribution in [0.4, 0.5) is 13.6 Å². The average Bonchev–Trinajstić information content (AvgIpc) is 2.89. The van der Waals surface area contributed by atoms with E-state index in [-0.39, 0.29) is 30.3 Å². The summed E-state index contributed by atoms with van der Waals surface area (Å²) >= 11 is 0. The van der Waals surface area contributed by atoms with Crippen LogP contribution in [0.2, 0.25) is 0 Å². The number of nitrogens with zero attached hydrogens (tertiary/aromatic N) is 2. The molecule has 2 unspecified atom stereocenters. The van der Waals surface area contributed by atoms with Crippen molar-refractivity contribution in [3.8, 4) is 0 Å². The topological polar surface area (TPSA) is 55.8 Å². The first-order chi connectivity index (χ1) is 18.9. The zero-order valence-corrected chi connectivity index (χ0v) is 24.1. The Morgan fingerprint density at radius 1 is 1.00 bits per heavy atom. The van der Waals surface area contributed by atoms with Crippen molar-refractivity contribution in [2.75, 3.05) is 13.1 Å². The summed E-state index contributed by atoms with van der Waals surface area (Å²) in [5, 5.41) is 14.3. The van der Waals surface area contributed by atoms with Gasteiger partial charge in [0.2, 0.25) is 0 Å². The van der Waals surface area contributed by atoms with Crippen LogP contribution in [0, 0.1) is 17.0 Å². The van der Waals surface area contributed by atoms with Gasteiger partial charge >= 0.3 is 6.09 Å². The van der Waals surface area contributed by atoms with Crippen LogP contribution in [0.25, 0.3) is 0 Å². The van der Waals surface area contributed by atoms with E-state index in [2.05, 4.69) is 31.0 Å². The van der Waals surface area contributed by atoms with Crippen LogP contribution < -0.4 is 5.32 Å². The lowest BCUT2D eigenvalue weighted by Gasteiger charge is -2.53. The van der Waals surface area contributed by atoms with E-state index in [0.29, 0.717) is 25.9 Å². The number of halogens is 2. The summed E-state index contributed by atoms with van der Waals surface area (Å²) in [6, 6.07) is 21.2. The molecule has 0 saturated heterocycles. The van der Waals surface area contributed by atoms with E-state index in [1.807, 2.05) is 50.2 Å². The molecule has 4 rings (SSSR count). The molecule has 3 aromatic rings. The van der Waals surface area contributed by atoms with E-state index in [4.69, 9.17) is 0 Å². The quantitative estimate of drug-likeness (QED) is 0.288. The van der Waals surface area contributed by atoms with Crippen molar-refractivity contribution < 1.29 is 18.7 Å². The minimum absolute atomic E-state index is 0.00854. The maximum atomic E-state index is 14.1. The third-order valence-electron chi connectivity index (χ3n) is 7.92. The van der Waals surface area contributed by atoms with Gasteiger partial charge < -0.3 is 5.11 Å². The Labute approximate surface area is 236 Å². The van der Waals surface area contributed by atoms with Crippen LogP contribution in [0.1, 0.15) is 56.9 Å². The molecule has 2 atom stereocenters. The van der Waals surface area contributed by atoms with Gasteiger partial charge in [-0.15, -0.1) is 0 Å². The lowest BCUT2D eigenvalue weighted by molar-refractivity contribution is -0.0409. The van der Waals surface area contributed by atoms with Crippen LogP contribution in [0.3, 0.4) is 0 Å². The highest BCUT2D eigenvalue weighted by atomic mass is 19.1. The fourth-order valence-electron chi connectivity index (χ4n) is 6.13. The number of rotatable bonds is 9. The fraction of sp³-hybridized carbons (Fsp3) is 0.424. The number of fused-ring (bicyclic) bond motifs is 1. The third kappa shape index (κ3) is 6.37. The summed E-state index contributed by atoms with van der Waals surface area (Å²) in [4.78, 5) is 16.9. The van der Waals surface area contributed by atoms with Gasteiger partial charge in [0.05, 0.1) is 0 Å². The van der Waals surface area contributed by atoms with E-state index >= 15 is 0 Å². The Bertz CT molecular complexity index is 1290. The zero-order valence-electron chi connectivity index (χ0n) is 24.1. The fourth-order valence-corrected chi connectivity index (χ4v) is 6.13. The normalized spacial score (nSPS) is 17.4. The summed E-state index contributed by atoms with van der Waals surface area (Å²) in [6.45, 7) is 11.6. The molecule has 1 aliphatic rings. The predicted molar refractivity (Wildman–Crippen MR) is 155 cm³/mol. The molecule has 1 aliphatic heterocycles. The van der Waals surface area contributed by atoms with Gasteiger partial charge in [-0.3, -0.25) is 15.1 Å². The molecule has 214 valence electrons. The predicted octanol–water partition coefficient (Wildman–Crippen LogP) is 6.81. The second-order valence-corrected chi connectivity index (χ2v) is 12.1. The first kappa shape index (κ1) is 29.7. The van der Waals surface area contributed by atoms with E-state index in [1.165, 1.54) is 18.2 Å². The van der Waals surface area contributed by atoms with Crippen molar-refractivity contribution in [3.05, 3.63) is 107 Å². The lowest BCUT2D eigenvalue weighted by atomic mass is 9.74. The summed E-state index contributed by atoms with van der Waals surface area (Å²) in [5.41, 5.74) is 2.41. The molecule has 0 saturated carbocycles.